The number of imidazole rings is 1. The Hall–Kier alpha value is -2.59. The summed E-state index contributed by atoms with van der Waals surface area (Å²) in [6.45, 7) is 1.66. The third kappa shape index (κ3) is 4.03. The van der Waals surface area contributed by atoms with Gasteiger partial charge in [-0.2, -0.15) is 0 Å². The van der Waals surface area contributed by atoms with E-state index in [1.54, 1.807) is 0 Å². The Bertz CT molecular complexity index is 678. The summed E-state index contributed by atoms with van der Waals surface area (Å²) in [5.74, 6) is 0.820. The molecule has 3 rings (SSSR count). The highest BCUT2D eigenvalue weighted by Gasteiger charge is 2.13. The number of nitrogens with two attached hydrogens (primary N) is 1. The lowest BCUT2D eigenvalue weighted by atomic mass is 10.1. The summed E-state index contributed by atoms with van der Waals surface area (Å²) in [5, 5.41) is 3.40. The number of hydrogen-bond acceptors (Lipinski definition) is 3. The molecule has 0 spiro atoms. The van der Waals surface area contributed by atoms with Crippen LogP contribution in [0.1, 0.15) is 19.3 Å². The second kappa shape index (κ2) is 8.31. The molecule has 4 nitrogen and oxygen atoms in total. The maximum Gasteiger partial charge on any atom is 0.201 e. The van der Waals surface area contributed by atoms with Crippen LogP contribution in [0.2, 0.25) is 0 Å². The van der Waals surface area contributed by atoms with Crippen molar-refractivity contribution >= 4 is 5.95 Å². The number of unbranched alkanes of at least 4 members (excludes halogenated alkanes) is 2. The largest absolute Gasteiger partial charge is 0.356 e. The molecule has 1 heterocycles. The van der Waals surface area contributed by atoms with Crippen LogP contribution in [-0.4, -0.2) is 23.1 Å². The molecule has 0 saturated heterocycles. The van der Waals surface area contributed by atoms with Crippen LogP contribution in [0.25, 0.3) is 22.5 Å². The van der Waals surface area contributed by atoms with Crippen molar-refractivity contribution in [2.45, 2.75) is 19.3 Å². The Morgan fingerprint density at radius 3 is 2.17 bits per heavy atom. The van der Waals surface area contributed by atoms with E-state index in [-0.39, 0.29) is 0 Å². The van der Waals surface area contributed by atoms with Gasteiger partial charge >= 0.3 is 0 Å². The molecule has 2 aromatic carbocycles. The molecule has 0 bridgehead atoms. The van der Waals surface area contributed by atoms with Crippen LogP contribution in [0.3, 0.4) is 0 Å². The molecule has 124 valence electrons. The number of anilines is 1. The van der Waals surface area contributed by atoms with Crippen molar-refractivity contribution in [1.82, 2.24) is 9.97 Å². The number of nitrogens with zero attached hydrogens (tertiary/aromatic N) is 1. The monoisotopic (exact) mass is 320 g/mol. The van der Waals surface area contributed by atoms with Crippen molar-refractivity contribution in [2.75, 3.05) is 18.4 Å². The Kier molecular flexibility index (Phi) is 5.64. The van der Waals surface area contributed by atoms with Gasteiger partial charge in [-0.3, -0.25) is 0 Å². The standard InChI is InChI=1S/C20H24N4/c21-14-8-3-9-15-22-20-23-18(16-10-4-1-5-11-16)19(24-20)17-12-6-2-7-13-17/h1-2,4-7,10-13H,3,8-9,14-15,21H2,(H2,22,23,24). The zero-order valence-corrected chi connectivity index (χ0v) is 13.8. The Balaban J connectivity index is 1.83. The molecule has 0 atom stereocenters. The highest BCUT2D eigenvalue weighted by molar-refractivity contribution is 5.79. The highest BCUT2D eigenvalue weighted by Crippen LogP contribution is 2.31. The number of benzene rings is 2. The van der Waals surface area contributed by atoms with Gasteiger partial charge in [0.05, 0.1) is 11.4 Å². The predicted octanol–water partition coefficient (Wildman–Crippen LogP) is 4.28. The summed E-state index contributed by atoms with van der Waals surface area (Å²) in [6, 6.07) is 20.6. The van der Waals surface area contributed by atoms with Gasteiger partial charge in [0, 0.05) is 17.7 Å². The number of H-pyrrole nitrogens is 1. The zero-order chi connectivity index (χ0) is 16.6. The lowest BCUT2D eigenvalue weighted by Gasteiger charge is -2.02. The summed E-state index contributed by atoms with van der Waals surface area (Å²) in [7, 11) is 0. The maximum absolute atomic E-state index is 5.53. The molecule has 0 fully saturated rings. The van der Waals surface area contributed by atoms with Gasteiger partial charge in [-0.15, -0.1) is 0 Å². The van der Waals surface area contributed by atoms with Gasteiger partial charge in [0.25, 0.3) is 0 Å². The third-order valence-electron chi connectivity index (χ3n) is 3.99. The van der Waals surface area contributed by atoms with E-state index in [9.17, 15) is 0 Å². The molecule has 0 unspecified atom stereocenters. The van der Waals surface area contributed by atoms with E-state index in [1.165, 1.54) is 0 Å². The number of nitrogens with one attached hydrogen (secondary N) is 2. The number of rotatable bonds is 8. The summed E-state index contributed by atoms with van der Waals surface area (Å²) >= 11 is 0. The lowest BCUT2D eigenvalue weighted by Crippen LogP contribution is -2.04. The Morgan fingerprint density at radius 2 is 1.50 bits per heavy atom. The smallest absolute Gasteiger partial charge is 0.201 e. The molecule has 0 amide bonds. The van der Waals surface area contributed by atoms with E-state index in [1.807, 2.05) is 36.4 Å². The van der Waals surface area contributed by atoms with Crippen LogP contribution in [0.15, 0.2) is 60.7 Å². The van der Waals surface area contributed by atoms with Crippen LogP contribution >= 0.6 is 0 Å². The molecule has 4 heteroatoms. The van der Waals surface area contributed by atoms with Crippen molar-refractivity contribution in [3.63, 3.8) is 0 Å². The second-order valence-corrected chi connectivity index (χ2v) is 5.82. The normalized spacial score (nSPS) is 10.7. The Morgan fingerprint density at radius 1 is 0.833 bits per heavy atom. The number of hydrogen-bond donors (Lipinski definition) is 3. The molecule has 24 heavy (non-hydrogen) atoms. The van der Waals surface area contributed by atoms with E-state index in [2.05, 4.69) is 34.6 Å². The third-order valence-corrected chi connectivity index (χ3v) is 3.99. The zero-order valence-electron chi connectivity index (χ0n) is 13.8. The average molecular weight is 320 g/mol. The summed E-state index contributed by atoms with van der Waals surface area (Å²) in [6.07, 6.45) is 3.31. The molecule has 0 radical (unpaired) electrons. The molecule has 0 aliphatic rings. The van der Waals surface area contributed by atoms with Crippen molar-refractivity contribution in [3.8, 4) is 22.5 Å². The average Bonchev–Trinajstić information content (AvgIpc) is 3.07. The summed E-state index contributed by atoms with van der Waals surface area (Å²) < 4.78 is 0. The molecular formula is C20H24N4. The van der Waals surface area contributed by atoms with Gasteiger partial charge in [-0.05, 0) is 19.4 Å². The van der Waals surface area contributed by atoms with Crippen molar-refractivity contribution in [1.29, 1.82) is 0 Å². The first-order valence-corrected chi connectivity index (χ1v) is 8.53. The van der Waals surface area contributed by atoms with E-state index >= 15 is 0 Å². The molecule has 1 aromatic heterocycles. The van der Waals surface area contributed by atoms with E-state index < -0.39 is 0 Å². The first kappa shape index (κ1) is 16.3. The fraction of sp³-hybridized carbons (Fsp3) is 0.250. The predicted molar refractivity (Wildman–Crippen MR) is 101 cm³/mol. The van der Waals surface area contributed by atoms with Gasteiger partial charge in [0.15, 0.2) is 0 Å². The highest BCUT2D eigenvalue weighted by atomic mass is 15.1. The summed E-state index contributed by atoms with van der Waals surface area (Å²) in [5.41, 5.74) is 9.81. The van der Waals surface area contributed by atoms with Crippen LogP contribution in [0, 0.1) is 0 Å². The topological polar surface area (TPSA) is 66.7 Å². The number of aromatic nitrogens is 2. The van der Waals surface area contributed by atoms with Crippen LogP contribution in [0.5, 0.6) is 0 Å². The molecule has 0 saturated carbocycles. The molecule has 4 N–H and O–H groups in total. The van der Waals surface area contributed by atoms with E-state index in [0.29, 0.717) is 0 Å². The first-order valence-electron chi connectivity index (χ1n) is 8.53. The maximum atomic E-state index is 5.53. The molecular weight excluding hydrogens is 296 g/mol. The fourth-order valence-corrected chi connectivity index (χ4v) is 2.73. The van der Waals surface area contributed by atoms with E-state index in [4.69, 9.17) is 10.7 Å². The fourth-order valence-electron chi connectivity index (χ4n) is 2.73. The van der Waals surface area contributed by atoms with Crippen LogP contribution in [-0.2, 0) is 0 Å². The lowest BCUT2D eigenvalue weighted by molar-refractivity contribution is 0.705. The van der Waals surface area contributed by atoms with Gasteiger partial charge in [-0.25, -0.2) is 4.98 Å². The van der Waals surface area contributed by atoms with Crippen LogP contribution in [0.4, 0.5) is 5.95 Å². The van der Waals surface area contributed by atoms with Crippen molar-refractivity contribution in [3.05, 3.63) is 60.7 Å². The van der Waals surface area contributed by atoms with Gasteiger partial charge < -0.3 is 16.0 Å². The van der Waals surface area contributed by atoms with Gasteiger partial charge in [0.1, 0.15) is 0 Å². The molecule has 0 aliphatic carbocycles. The minimum Gasteiger partial charge on any atom is -0.356 e. The summed E-state index contributed by atoms with van der Waals surface area (Å²) in [4.78, 5) is 8.22. The quantitative estimate of drug-likeness (QED) is 0.543. The van der Waals surface area contributed by atoms with Gasteiger partial charge in [0.2, 0.25) is 5.95 Å². The van der Waals surface area contributed by atoms with Crippen molar-refractivity contribution < 1.29 is 0 Å². The van der Waals surface area contributed by atoms with Gasteiger partial charge in [-0.1, -0.05) is 67.1 Å². The number of aromatic amines is 1. The molecule has 0 aliphatic heterocycles. The molecule has 3 aromatic rings. The van der Waals surface area contributed by atoms with E-state index in [0.717, 1.165) is 60.8 Å². The first-order chi connectivity index (χ1) is 11.9. The minimum absolute atomic E-state index is 0.761. The van der Waals surface area contributed by atoms with Crippen LogP contribution < -0.4 is 11.1 Å². The SMILES string of the molecule is NCCCCCNc1nc(-c2ccccc2)c(-c2ccccc2)[nH]1. The minimum atomic E-state index is 0.761. The van der Waals surface area contributed by atoms with Crippen molar-refractivity contribution in [2.24, 2.45) is 5.73 Å². The Labute approximate surface area is 143 Å². The second-order valence-electron chi connectivity index (χ2n) is 5.82.